The van der Waals surface area contributed by atoms with E-state index in [0.717, 1.165) is 27.5 Å². The fourth-order valence-corrected chi connectivity index (χ4v) is 4.72. The fraction of sp³-hybridized carbons (Fsp3) is 0.269. The summed E-state index contributed by atoms with van der Waals surface area (Å²) in [5, 5.41) is 5.62. The molecule has 176 valence electrons. The topological polar surface area (TPSA) is 80.2 Å². The SMILES string of the molecule is CCOC(=O)C1=C(C)N=C2SC=CN2C1c1ccccc1OCC(=O)Nc1cccc(C)c1C. The highest BCUT2D eigenvalue weighted by Crippen LogP contribution is 2.43. The van der Waals surface area contributed by atoms with Crippen molar-refractivity contribution in [1.82, 2.24) is 4.90 Å². The largest absolute Gasteiger partial charge is 0.483 e. The Morgan fingerprint density at radius 1 is 1.12 bits per heavy atom. The Morgan fingerprint density at radius 2 is 1.91 bits per heavy atom. The predicted octanol–water partition coefficient (Wildman–Crippen LogP) is 5.09. The van der Waals surface area contributed by atoms with Crippen molar-refractivity contribution in [3.05, 3.63) is 82.0 Å². The van der Waals surface area contributed by atoms with E-state index in [9.17, 15) is 9.59 Å². The van der Waals surface area contributed by atoms with Crippen LogP contribution in [0.4, 0.5) is 5.69 Å². The lowest BCUT2D eigenvalue weighted by Crippen LogP contribution is -2.34. The number of thioether (sulfide) groups is 1. The molecule has 34 heavy (non-hydrogen) atoms. The number of hydrogen-bond donors (Lipinski definition) is 1. The number of nitrogens with one attached hydrogen (secondary N) is 1. The zero-order valence-electron chi connectivity index (χ0n) is 19.6. The number of allylic oxidation sites excluding steroid dienone is 1. The number of anilines is 1. The van der Waals surface area contributed by atoms with Crippen LogP contribution in [0, 0.1) is 13.8 Å². The number of hydrogen-bond acceptors (Lipinski definition) is 7. The number of carbonyl (C=O) groups is 2. The highest BCUT2D eigenvalue weighted by Gasteiger charge is 2.38. The van der Waals surface area contributed by atoms with Crippen molar-refractivity contribution < 1.29 is 19.1 Å². The van der Waals surface area contributed by atoms with Crippen molar-refractivity contribution in [1.29, 1.82) is 0 Å². The quantitative estimate of drug-likeness (QED) is 0.560. The molecule has 2 aliphatic rings. The summed E-state index contributed by atoms with van der Waals surface area (Å²) < 4.78 is 11.3. The lowest BCUT2D eigenvalue weighted by molar-refractivity contribution is -0.139. The molecule has 1 amide bonds. The standard InChI is InChI=1S/C26H27N3O4S/c1-5-32-25(31)23-18(4)27-26-29(13-14-34-26)24(23)19-10-6-7-12-21(19)33-15-22(30)28-20-11-8-9-16(2)17(20)3/h6-14,24H,5,15H2,1-4H3,(H,28,30). The molecule has 4 rings (SSSR count). The van der Waals surface area contributed by atoms with Crippen LogP contribution in [0.3, 0.4) is 0 Å². The Kier molecular flexibility index (Phi) is 7.07. The van der Waals surface area contributed by atoms with Gasteiger partial charge in [-0.2, -0.15) is 0 Å². The van der Waals surface area contributed by atoms with Gasteiger partial charge in [0.15, 0.2) is 11.8 Å². The Morgan fingerprint density at radius 3 is 2.71 bits per heavy atom. The van der Waals surface area contributed by atoms with Gasteiger partial charge in [0.1, 0.15) is 5.75 Å². The Bertz CT molecular complexity index is 1220. The third-order valence-electron chi connectivity index (χ3n) is 5.77. The average molecular weight is 478 g/mol. The van der Waals surface area contributed by atoms with Crippen LogP contribution in [0.15, 0.2) is 70.3 Å². The maximum absolute atomic E-state index is 12.9. The van der Waals surface area contributed by atoms with E-state index in [4.69, 9.17) is 9.47 Å². The number of amidine groups is 1. The van der Waals surface area contributed by atoms with Gasteiger partial charge in [-0.25, -0.2) is 9.79 Å². The fourth-order valence-electron chi connectivity index (χ4n) is 3.93. The van der Waals surface area contributed by atoms with Gasteiger partial charge in [-0.3, -0.25) is 4.79 Å². The molecule has 1 unspecified atom stereocenters. The van der Waals surface area contributed by atoms with E-state index in [1.807, 2.05) is 73.7 Å². The van der Waals surface area contributed by atoms with Crippen molar-refractivity contribution in [2.24, 2.45) is 4.99 Å². The Labute approximate surface area is 203 Å². The van der Waals surface area contributed by atoms with Gasteiger partial charge in [-0.05, 0) is 56.4 Å². The molecule has 7 nitrogen and oxygen atoms in total. The van der Waals surface area contributed by atoms with Crippen LogP contribution in [0.25, 0.3) is 0 Å². The number of fused-ring (bicyclic) bond motifs is 1. The van der Waals surface area contributed by atoms with Crippen LogP contribution in [0.5, 0.6) is 5.75 Å². The number of aliphatic imine (C=N–C) groups is 1. The van der Waals surface area contributed by atoms with Crippen molar-refractivity contribution in [3.8, 4) is 5.75 Å². The van der Waals surface area contributed by atoms with Crippen LogP contribution >= 0.6 is 11.8 Å². The normalized spacial score (nSPS) is 16.8. The molecule has 8 heteroatoms. The van der Waals surface area contributed by atoms with E-state index >= 15 is 0 Å². The van der Waals surface area contributed by atoms with E-state index in [2.05, 4.69) is 10.3 Å². The number of rotatable bonds is 7. The molecular formula is C26H27N3O4S. The summed E-state index contributed by atoms with van der Waals surface area (Å²) in [5.41, 5.74) is 4.69. The molecule has 2 aromatic rings. The second-order valence-electron chi connectivity index (χ2n) is 7.95. The van der Waals surface area contributed by atoms with Gasteiger partial charge < -0.3 is 19.7 Å². The first-order valence-electron chi connectivity index (χ1n) is 11.1. The third-order valence-corrected chi connectivity index (χ3v) is 6.54. The number of esters is 1. The summed E-state index contributed by atoms with van der Waals surface area (Å²) in [5.74, 6) is -0.159. The minimum atomic E-state index is -0.476. The number of benzene rings is 2. The maximum atomic E-state index is 12.9. The molecule has 0 saturated carbocycles. The van der Waals surface area contributed by atoms with Gasteiger partial charge in [0, 0.05) is 17.5 Å². The van der Waals surface area contributed by atoms with E-state index in [-0.39, 0.29) is 19.1 Å². The molecule has 0 saturated heterocycles. The first-order valence-corrected chi connectivity index (χ1v) is 11.9. The summed E-state index contributed by atoms with van der Waals surface area (Å²) in [6.07, 6.45) is 1.89. The molecule has 2 aliphatic heterocycles. The van der Waals surface area contributed by atoms with Crippen LogP contribution in [0.2, 0.25) is 0 Å². The van der Waals surface area contributed by atoms with Gasteiger partial charge >= 0.3 is 5.97 Å². The van der Waals surface area contributed by atoms with Crippen molar-refractivity contribution in [2.75, 3.05) is 18.5 Å². The summed E-state index contributed by atoms with van der Waals surface area (Å²) in [6, 6.07) is 12.7. The second-order valence-corrected chi connectivity index (χ2v) is 8.82. The molecule has 1 atom stereocenters. The predicted molar refractivity (Wildman–Crippen MR) is 135 cm³/mol. The van der Waals surface area contributed by atoms with Gasteiger partial charge in [-0.1, -0.05) is 42.1 Å². The third kappa shape index (κ3) is 4.72. The average Bonchev–Trinajstić information content (AvgIpc) is 3.28. The number of amides is 1. The van der Waals surface area contributed by atoms with Crippen molar-refractivity contribution in [2.45, 2.75) is 33.7 Å². The number of para-hydroxylation sites is 1. The molecule has 0 fully saturated rings. The highest BCUT2D eigenvalue weighted by molar-refractivity contribution is 8.16. The number of carbonyl (C=O) groups excluding carboxylic acids is 2. The van der Waals surface area contributed by atoms with Gasteiger partial charge in [0.25, 0.3) is 5.91 Å². The zero-order chi connectivity index (χ0) is 24.2. The minimum Gasteiger partial charge on any atom is -0.483 e. The van der Waals surface area contributed by atoms with Gasteiger partial charge in [0.05, 0.1) is 23.9 Å². The first-order chi connectivity index (χ1) is 16.4. The molecule has 0 spiro atoms. The summed E-state index contributed by atoms with van der Waals surface area (Å²) >= 11 is 1.49. The minimum absolute atomic E-state index is 0.167. The molecule has 2 aromatic carbocycles. The number of aryl methyl sites for hydroxylation is 1. The molecule has 0 radical (unpaired) electrons. The summed E-state index contributed by atoms with van der Waals surface area (Å²) in [6.45, 7) is 7.65. The monoisotopic (exact) mass is 477 g/mol. The van der Waals surface area contributed by atoms with E-state index < -0.39 is 12.0 Å². The summed E-state index contributed by atoms with van der Waals surface area (Å²) in [7, 11) is 0. The van der Waals surface area contributed by atoms with Gasteiger partial charge in [0.2, 0.25) is 0 Å². The van der Waals surface area contributed by atoms with Crippen LogP contribution in [-0.2, 0) is 14.3 Å². The highest BCUT2D eigenvalue weighted by atomic mass is 32.2. The summed E-state index contributed by atoms with van der Waals surface area (Å²) in [4.78, 5) is 32.1. The molecule has 1 N–H and O–H groups in total. The zero-order valence-corrected chi connectivity index (χ0v) is 20.4. The van der Waals surface area contributed by atoms with Crippen LogP contribution in [0.1, 0.15) is 36.6 Å². The van der Waals surface area contributed by atoms with Crippen molar-refractivity contribution >= 4 is 34.5 Å². The Hall–Kier alpha value is -3.52. The maximum Gasteiger partial charge on any atom is 0.338 e. The molecule has 0 aromatic heterocycles. The van der Waals surface area contributed by atoms with Crippen molar-refractivity contribution in [3.63, 3.8) is 0 Å². The van der Waals surface area contributed by atoms with E-state index in [0.29, 0.717) is 17.0 Å². The number of nitrogens with zero attached hydrogens (tertiary/aromatic N) is 2. The van der Waals surface area contributed by atoms with Gasteiger partial charge in [-0.15, -0.1) is 0 Å². The van der Waals surface area contributed by atoms with E-state index in [1.165, 1.54) is 11.8 Å². The first kappa shape index (κ1) is 23.6. The van der Waals surface area contributed by atoms with E-state index in [1.54, 1.807) is 13.0 Å². The lowest BCUT2D eigenvalue weighted by atomic mass is 9.94. The second kappa shape index (κ2) is 10.2. The van der Waals surface area contributed by atoms with Crippen LogP contribution in [-0.4, -0.2) is 35.2 Å². The molecule has 0 aliphatic carbocycles. The number of ether oxygens (including phenoxy) is 2. The molecule has 2 heterocycles. The Balaban J connectivity index is 1.60. The van der Waals surface area contributed by atoms with Crippen LogP contribution < -0.4 is 10.1 Å². The molecule has 0 bridgehead atoms. The molecular weight excluding hydrogens is 450 g/mol. The smallest absolute Gasteiger partial charge is 0.338 e. The lowest BCUT2D eigenvalue weighted by Gasteiger charge is -2.34.